The molecule has 0 heterocycles. The summed E-state index contributed by atoms with van der Waals surface area (Å²) in [6.07, 6.45) is 2.18. The van der Waals surface area contributed by atoms with Crippen LogP contribution >= 0.6 is 0 Å². The van der Waals surface area contributed by atoms with E-state index in [2.05, 4.69) is 19.9 Å². The molecule has 0 saturated carbocycles. The molecule has 0 spiro atoms. The van der Waals surface area contributed by atoms with Crippen LogP contribution in [-0.4, -0.2) is 5.78 Å². The van der Waals surface area contributed by atoms with E-state index in [1.807, 2.05) is 18.2 Å². The summed E-state index contributed by atoms with van der Waals surface area (Å²) in [5, 5.41) is 0. The molecule has 0 saturated heterocycles. The van der Waals surface area contributed by atoms with Crippen molar-refractivity contribution in [1.82, 2.24) is 0 Å². The summed E-state index contributed by atoms with van der Waals surface area (Å²) in [6.45, 7) is 4.23. The van der Waals surface area contributed by atoms with E-state index in [1.54, 1.807) is 0 Å². The van der Waals surface area contributed by atoms with Gasteiger partial charge in [-0.2, -0.15) is 0 Å². The number of rotatable bonds is 0. The van der Waals surface area contributed by atoms with Crippen LogP contribution < -0.4 is 0 Å². The topological polar surface area (TPSA) is 17.1 Å². The number of hydrogen-bond donors (Lipinski definition) is 0. The lowest BCUT2D eigenvalue weighted by atomic mass is 9.89. The van der Waals surface area contributed by atoms with Crippen LogP contribution in [0.25, 0.3) is 0 Å². The fraction of sp³-hybridized carbons (Fsp3) is 0.462. The van der Waals surface area contributed by atoms with E-state index in [4.69, 9.17) is 0 Å². The third kappa shape index (κ3) is 1.47. The third-order valence-corrected chi connectivity index (χ3v) is 3.42. The van der Waals surface area contributed by atoms with Crippen LogP contribution in [0.2, 0.25) is 0 Å². The molecule has 0 aromatic heterocycles. The molecule has 1 aliphatic carbocycles. The molecule has 74 valence electrons. The van der Waals surface area contributed by atoms with Gasteiger partial charge in [-0.15, -0.1) is 0 Å². The van der Waals surface area contributed by atoms with Gasteiger partial charge in [0.1, 0.15) is 0 Å². The maximum Gasteiger partial charge on any atom is 0.166 e. The largest absolute Gasteiger partial charge is 0.294 e. The van der Waals surface area contributed by atoms with Crippen LogP contribution in [-0.2, 0) is 6.42 Å². The van der Waals surface area contributed by atoms with Gasteiger partial charge in [0.05, 0.1) is 0 Å². The lowest BCUT2D eigenvalue weighted by molar-refractivity contribution is 0.0896. The van der Waals surface area contributed by atoms with Gasteiger partial charge in [0.25, 0.3) is 0 Å². The number of Topliss-reactive ketones (excluding diaryl/α,β-unsaturated/α-hetero) is 1. The summed E-state index contributed by atoms with van der Waals surface area (Å²) in [4.78, 5) is 12.0. The number of ketones is 1. The molecular formula is C13H16O. The first kappa shape index (κ1) is 9.45. The predicted molar refractivity (Wildman–Crippen MR) is 57.4 cm³/mol. The molecular weight excluding hydrogens is 172 g/mol. The van der Waals surface area contributed by atoms with Crippen LogP contribution in [0.3, 0.4) is 0 Å². The zero-order chi connectivity index (χ0) is 10.1. The number of hydrogen-bond acceptors (Lipinski definition) is 1. The van der Waals surface area contributed by atoms with Gasteiger partial charge >= 0.3 is 0 Å². The maximum absolute atomic E-state index is 12.0. The second kappa shape index (κ2) is 3.56. The summed E-state index contributed by atoms with van der Waals surface area (Å²) in [7, 11) is 0. The fourth-order valence-corrected chi connectivity index (χ4v) is 2.12. The second-order valence-corrected chi connectivity index (χ2v) is 4.33. The smallest absolute Gasteiger partial charge is 0.166 e. The molecule has 1 heteroatoms. The van der Waals surface area contributed by atoms with Gasteiger partial charge in [0.2, 0.25) is 0 Å². The van der Waals surface area contributed by atoms with E-state index in [0.29, 0.717) is 11.7 Å². The van der Waals surface area contributed by atoms with E-state index < -0.39 is 0 Å². The minimum atomic E-state index is 0.179. The molecule has 2 atom stereocenters. The molecule has 0 bridgehead atoms. The Balaban J connectivity index is 2.45. The van der Waals surface area contributed by atoms with Gasteiger partial charge in [-0.05, 0) is 24.3 Å². The highest BCUT2D eigenvalue weighted by Crippen LogP contribution is 2.28. The van der Waals surface area contributed by atoms with E-state index in [0.717, 1.165) is 18.4 Å². The zero-order valence-corrected chi connectivity index (χ0v) is 8.79. The number of carbonyl (C=O) groups excluding carboxylic acids is 1. The van der Waals surface area contributed by atoms with E-state index >= 15 is 0 Å². The SMILES string of the molecule is CC1CCc2ccccc2C(=O)C1C. The van der Waals surface area contributed by atoms with Gasteiger partial charge < -0.3 is 0 Å². The van der Waals surface area contributed by atoms with Crippen molar-refractivity contribution in [1.29, 1.82) is 0 Å². The lowest BCUT2D eigenvalue weighted by Gasteiger charge is -2.14. The Morgan fingerprint density at radius 2 is 1.93 bits per heavy atom. The van der Waals surface area contributed by atoms with Crippen molar-refractivity contribution in [2.45, 2.75) is 26.7 Å². The molecule has 0 radical (unpaired) electrons. The van der Waals surface area contributed by atoms with Crippen LogP contribution in [0.4, 0.5) is 0 Å². The first-order valence-corrected chi connectivity index (χ1v) is 5.32. The van der Waals surface area contributed by atoms with Crippen LogP contribution in [0.15, 0.2) is 24.3 Å². The average molecular weight is 188 g/mol. The van der Waals surface area contributed by atoms with Crippen molar-refractivity contribution in [2.24, 2.45) is 11.8 Å². The minimum absolute atomic E-state index is 0.179. The van der Waals surface area contributed by atoms with Gasteiger partial charge in [-0.25, -0.2) is 0 Å². The number of fused-ring (bicyclic) bond motifs is 1. The van der Waals surface area contributed by atoms with Crippen molar-refractivity contribution in [3.63, 3.8) is 0 Å². The summed E-state index contributed by atoms with van der Waals surface area (Å²) in [5.74, 6) is 1.01. The maximum atomic E-state index is 12.0. The highest BCUT2D eigenvalue weighted by atomic mass is 16.1. The Morgan fingerprint density at radius 1 is 1.21 bits per heavy atom. The summed E-state index contributed by atoms with van der Waals surface area (Å²) >= 11 is 0. The van der Waals surface area contributed by atoms with E-state index in [1.165, 1.54) is 5.56 Å². The van der Waals surface area contributed by atoms with Crippen molar-refractivity contribution in [2.75, 3.05) is 0 Å². The Morgan fingerprint density at radius 3 is 2.71 bits per heavy atom. The standard InChI is InChI=1S/C13H16O/c1-9-7-8-11-5-3-4-6-12(11)13(14)10(9)2/h3-6,9-10H,7-8H2,1-2H3. The molecule has 14 heavy (non-hydrogen) atoms. The zero-order valence-electron chi connectivity index (χ0n) is 8.79. The first-order valence-electron chi connectivity index (χ1n) is 5.32. The highest BCUT2D eigenvalue weighted by molar-refractivity contribution is 5.99. The monoisotopic (exact) mass is 188 g/mol. The molecule has 1 aliphatic rings. The lowest BCUT2D eigenvalue weighted by Crippen LogP contribution is -2.16. The van der Waals surface area contributed by atoms with Crippen LogP contribution in [0.5, 0.6) is 0 Å². The quantitative estimate of drug-likeness (QED) is 0.572. The van der Waals surface area contributed by atoms with Gasteiger partial charge in [0, 0.05) is 11.5 Å². The molecule has 0 aliphatic heterocycles. The van der Waals surface area contributed by atoms with Crippen molar-refractivity contribution in [3.05, 3.63) is 35.4 Å². The van der Waals surface area contributed by atoms with Crippen molar-refractivity contribution < 1.29 is 4.79 Å². The van der Waals surface area contributed by atoms with Gasteiger partial charge in [-0.1, -0.05) is 38.1 Å². The molecule has 2 unspecified atom stereocenters. The first-order chi connectivity index (χ1) is 6.70. The molecule has 0 N–H and O–H groups in total. The molecule has 2 rings (SSSR count). The molecule has 0 amide bonds. The summed E-state index contributed by atoms with van der Waals surface area (Å²) in [5.41, 5.74) is 2.18. The highest BCUT2D eigenvalue weighted by Gasteiger charge is 2.26. The van der Waals surface area contributed by atoms with Gasteiger partial charge in [0.15, 0.2) is 5.78 Å². The van der Waals surface area contributed by atoms with Crippen LogP contribution in [0.1, 0.15) is 36.2 Å². The Hall–Kier alpha value is -1.11. The number of benzene rings is 1. The number of aryl methyl sites for hydroxylation is 1. The number of carbonyl (C=O) groups is 1. The summed E-state index contributed by atoms with van der Waals surface area (Å²) in [6, 6.07) is 8.02. The molecule has 0 fully saturated rings. The van der Waals surface area contributed by atoms with E-state index in [-0.39, 0.29) is 5.92 Å². The fourth-order valence-electron chi connectivity index (χ4n) is 2.12. The molecule has 1 aromatic carbocycles. The van der Waals surface area contributed by atoms with Crippen LogP contribution in [0, 0.1) is 11.8 Å². The molecule has 1 aromatic rings. The third-order valence-electron chi connectivity index (χ3n) is 3.42. The average Bonchev–Trinajstić information content (AvgIpc) is 2.32. The normalized spacial score (nSPS) is 26.9. The van der Waals surface area contributed by atoms with E-state index in [9.17, 15) is 4.79 Å². The Kier molecular flexibility index (Phi) is 2.40. The van der Waals surface area contributed by atoms with Crippen molar-refractivity contribution >= 4 is 5.78 Å². The second-order valence-electron chi connectivity index (χ2n) is 4.33. The minimum Gasteiger partial charge on any atom is -0.294 e. The Bertz CT molecular complexity index is 354. The Labute approximate surface area is 85.1 Å². The molecule has 1 nitrogen and oxygen atoms in total. The van der Waals surface area contributed by atoms with Crippen molar-refractivity contribution in [3.8, 4) is 0 Å². The van der Waals surface area contributed by atoms with Gasteiger partial charge in [-0.3, -0.25) is 4.79 Å². The predicted octanol–water partition coefficient (Wildman–Crippen LogP) is 3.09. The summed E-state index contributed by atoms with van der Waals surface area (Å²) < 4.78 is 0.